The van der Waals surface area contributed by atoms with E-state index in [0.29, 0.717) is 17.0 Å². The van der Waals surface area contributed by atoms with Gasteiger partial charge in [-0.05, 0) is 31.4 Å². The SMILES string of the molecule is C=CCCC(N)Cc1c(F)cccc1Cl. The lowest BCUT2D eigenvalue weighted by atomic mass is 10.0. The van der Waals surface area contributed by atoms with Crippen LogP contribution in [0.2, 0.25) is 5.02 Å². The number of hydrogen-bond acceptors (Lipinski definition) is 1. The second kappa shape index (κ2) is 5.89. The van der Waals surface area contributed by atoms with Crippen LogP contribution in [0, 0.1) is 5.82 Å². The predicted octanol–water partition coefficient (Wildman–Crippen LogP) is 3.32. The largest absolute Gasteiger partial charge is 0.327 e. The molecule has 0 saturated carbocycles. The molecule has 1 nitrogen and oxygen atoms in total. The monoisotopic (exact) mass is 227 g/mol. The van der Waals surface area contributed by atoms with Gasteiger partial charge in [-0.3, -0.25) is 0 Å². The first-order valence-electron chi connectivity index (χ1n) is 4.94. The molecule has 1 unspecified atom stereocenters. The van der Waals surface area contributed by atoms with Gasteiger partial charge in [0.05, 0.1) is 0 Å². The maximum Gasteiger partial charge on any atom is 0.127 e. The molecule has 0 bridgehead atoms. The van der Waals surface area contributed by atoms with Gasteiger partial charge in [-0.2, -0.15) is 0 Å². The normalized spacial score (nSPS) is 12.5. The van der Waals surface area contributed by atoms with Gasteiger partial charge in [0.15, 0.2) is 0 Å². The van der Waals surface area contributed by atoms with E-state index in [-0.39, 0.29) is 11.9 Å². The molecule has 1 aromatic rings. The minimum atomic E-state index is -0.281. The van der Waals surface area contributed by atoms with Crippen molar-refractivity contribution in [3.63, 3.8) is 0 Å². The van der Waals surface area contributed by atoms with E-state index in [9.17, 15) is 4.39 Å². The third-order valence-corrected chi connectivity index (χ3v) is 2.62. The van der Waals surface area contributed by atoms with Crippen LogP contribution in [0.3, 0.4) is 0 Å². The number of nitrogens with two attached hydrogens (primary N) is 1. The molecule has 0 aliphatic rings. The van der Waals surface area contributed by atoms with E-state index in [4.69, 9.17) is 17.3 Å². The predicted molar refractivity (Wildman–Crippen MR) is 62.5 cm³/mol. The summed E-state index contributed by atoms with van der Waals surface area (Å²) < 4.78 is 13.4. The lowest BCUT2D eigenvalue weighted by Gasteiger charge is -2.12. The summed E-state index contributed by atoms with van der Waals surface area (Å²) >= 11 is 5.89. The summed E-state index contributed by atoms with van der Waals surface area (Å²) in [5.74, 6) is -0.281. The Hall–Kier alpha value is -0.860. The van der Waals surface area contributed by atoms with E-state index in [0.717, 1.165) is 12.8 Å². The maximum absolute atomic E-state index is 13.4. The molecule has 0 fully saturated rings. The van der Waals surface area contributed by atoms with Gasteiger partial charge in [-0.1, -0.05) is 23.7 Å². The number of benzene rings is 1. The second-order valence-electron chi connectivity index (χ2n) is 3.53. The molecule has 82 valence electrons. The van der Waals surface area contributed by atoms with E-state index >= 15 is 0 Å². The molecular weight excluding hydrogens is 213 g/mol. The molecule has 15 heavy (non-hydrogen) atoms. The minimum Gasteiger partial charge on any atom is -0.327 e. The van der Waals surface area contributed by atoms with E-state index < -0.39 is 0 Å². The fraction of sp³-hybridized carbons (Fsp3) is 0.333. The summed E-state index contributed by atoms with van der Waals surface area (Å²) in [6.07, 6.45) is 3.92. The van der Waals surface area contributed by atoms with E-state index in [1.165, 1.54) is 6.07 Å². The standard InChI is InChI=1S/C12H15ClFN/c1-2-3-5-9(15)8-10-11(13)6-4-7-12(10)14/h2,4,6-7,9H,1,3,5,8,15H2. The van der Waals surface area contributed by atoms with Crippen LogP contribution in [0.15, 0.2) is 30.9 Å². The van der Waals surface area contributed by atoms with Crippen LogP contribution >= 0.6 is 11.6 Å². The van der Waals surface area contributed by atoms with E-state index in [1.807, 2.05) is 6.08 Å². The first-order valence-corrected chi connectivity index (χ1v) is 5.32. The van der Waals surface area contributed by atoms with Gasteiger partial charge in [0.1, 0.15) is 5.82 Å². The molecule has 0 spiro atoms. The van der Waals surface area contributed by atoms with Gasteiger partial charge in [0, 0.05) is 16.6 Å². The fourth-order valence-electron chi connectivity index (χ4n) is 1.42. The minimum absolute atomic E-state index is 0.0719. The zero-order valence-electron chi connectivity index (χ0n) is 8.55. The number of rotatable bonds is 5. The van der Waals surface area contributed by atoms with Gasteiger partial charge < -0.3 is 5.73 Å². The smallest absolute Gasteiger partial charge is 0.127 e. The van der Waals surface area contributed by atoms with Crippen LogP contribution in [0.1, 0.15) is 18.4 Å². The van der Waals surface area contributed by atoms with Crippen molar-refractivity contribution in [2.24, 2.45) is 5.73 Å². The summed E-state index contributed by atoms with van der Waals surface area (Å²) in [5.41, 5.74) is 6.37. The van der Waals surface area contributed by atoms with Crippen LogP contribution in [-0.2, 0) is 6.42 Å². The highest BCUT2D eigenvalue weighted by Crippen LogP contribution is 2.20. The quantitative estimate of drug-likeness (QED) is 0.768. The summed E-state index contributed by atoms with van der Waals surface area (Å²) in [6, 6.07) is 4.61. The molecule has 0 amide bonds. The Labute approximate surface area is 94.7 Å². The van der Waals surface area contributed by atoms with Crippen molar-refractivity contribution in [1.82, 2.24) is 0 Å². The molecule has 0 aliphatic carbocycles. The number of hydrogen-bond donors (Lipinski definition) is 1. The number of halogens is 2. The van der Waals surface area contributed by atoms with E-state index in [1.54, 1.807) is 12.1 Å². The Morgan fingerprint density at radius 1 is 1.53 bits per heavy atom. The Bertz CT molecular complexity index is 318. The van der Waals surface area contributed by atoms with Crippen LogP contribution < -0.4 is 5.73 Å². The molecule has 1 aromatic carbocycles. The molecule has 1 rings (SSSR count). The Morgan fingerprint density at radius 2 is 2.27 bits per heavy atom. The lowest BCUT2D eigenvalue weighted by Crippen LogP contribution is -2.23. The average molecular weight is 228 g/mol. The van der Waals surface area contributed by atoms with Gasteiger partial charge in [-0.25, -0.2) is 4.39 Å². The first kappa shape index (κ1) is 12.2. The highest BCUT2D eigenvalue weighted by molar-refractivity contribution is 6.31. The lowest BCUT2D eigenvalue weighted by molar-refractivity contribution is 0.569. The van der Waals surface area contributed by atoms with E-state index in [2.05, 4.69) is 6.58 Å². The van der Waals surface area contributed by atoms with Gasteiger partial charge >= 0.3 is 0 Å². The van der Waals surface area contributed by atoms with Crippen molar-refractivity contribution in [3.8, 4) is 0 Å². The number of allylic oxidation sites excluding steroid dienone is 1. The van der Waals surface area contributed by atoms with Gasteiger partial charge in [0.25, 0.3) is 0 Å². The molecule has 3 heteroatoms. The van der Waals surface area contributed by atoms with Crippen molar-refractivity contribution in [3.05, 3.63) is 47.3 Å². The van der Waals surface area contributed by atoms with Crippen molar-refractivity contribution < 1.29 is 4.39 Å². The molecule has 1 atom stereocenters. The molecule has 0 aromatic heterocycles. The van der Waals surface area contributed by atoms with Crippen LogP contribution in [0.25, 0.3) is 0 Å². The average Bonchev–Trinajstić information content (AvgIpc) is 2.21. The van der Waals surface area contributed by atoms with Crippen molar-refractivity contribution in [1.29, 1.82) is 0 Å². The maximum atomic E-state index is 13.4. The van der Waals surface area contributed by atoms with Crippen LogP contribution in [-0.4, -0.2) is 6.04 Å². The zero-order chi connectivity index (χ0) is 11.3. The summed E-state index contributed by atoms with van der Waals surface area (Å²) in [6.45, 7) is 3.62. The molecule has 0 radical (unpaired) electrons. The Balaban J connectivity index is 2.67. The molecule has 0 heterocycles. The van der Waals surface area contributed by atoms with Crippen molar-refractivity contribution in [2.75, 3.05) is 0 Å². The molecule has 2 N–H and O–H groups in total. The van der Waals surface area contributed by atoms with Gasteiger partial charge in [0.2, 0.25) is 0 Å². The third kappa shape index (κ3) is 3.65. The molecule has 0 aliphatic heterocycles. The highest BCUT2D eigenvalue weighted by atomic mass is 35.5. The van der Waals surface area contributed by atoms with Crippen molar-refractivity contribution >= 4 is 11.6 Å². The van der Waals surface area contributed by atoms with Crippen molar-refractivity contribution in [2.45, 2.75) is 25.3 Å². The zero-order valence-corrected chi connectivity index (χ0v) is 9.30. The summed E-state index contributed by atoms with van der Waals surface area (Å²) in [7, 11) is 0. The second-order valence-corrected chi connectivity index (χ2v) is 3.94. The Kier molecular flexibility index (Phi) is 4.79. The highest BCUT2D eigenvalue weighted by Gasteiger charge is 2.10. The summed E-state index contributed by atoms with van der Waals surface area (Å²) in [5, 5.41) is 0.448. The Morgan fingerprint density at radius 3 is 2.87 bits per heavy atom. The topological polar surface area (TPSA) is 26.0 Å². The third-order valence-electron chi connectivity index (χ3n) is 2.27. The first-order chi connectivity index (χ1) is 7.15. The molecule has 0 saturated heterocycles. The van der Waals surface area contributed by atoms with Gasteiger partial charge in [-0.15, -0.1) is 6.58 Å². The van der Waals surface area contributed by atoms with Crippen LogP contribution in [0.5, 0.6) is 0 Å². The summed E-state index contributed by atoms with van der Waals surface area (Å²) in [4.78, 5) is 0. The fourth-order valence-corrected chi connectivity index (χ4v) is 1.66. The molecular formula is C12H15ClFN. The van der Waals surface area contributed by atoms with Crippen LogP contribution in [0.4, 0.5) is 4.39 Å².